The average molecular weight is 580 g/mol. The lowest BCUT2D eigenvalue weighted by Gasteiger charge is -2.34. The van der Waals surface area contributed by atoms with Gasteiger partial charge in [0.1, 0.15) is 10.7 Å². The Kier molecular flexibility index (Phi) is 8.54. The number of carboxylic acid groups (broad SMARTS) is 1. The number of aliphatic carboxylic acids is 1. The number of benzene rings is 1. The van der Waals surface area contributed by atoms with E-state index in [0.717, 1.165) is 60.0 Å². The molecule has 4 aromatic rings. The van der Waals surface area contributed by atoms with E-state index in [0.29, 0.717) is 26.2 Å². The van der Waals surface area contributed by atoms with Crippen LogP contribution in [0.3, 0.4) is 0 Å². The monoisotopic (exact) mass is 579 g/mol. The van der Waals surface area contributed by atoms with Gasteiger partial charge in [0.15, 0.2) is 0 Å². The number of fused-ring (bicyclic) bond motifs is 3. The SMILES string of the molecule is Cc1nc(-c2ccccc2)sc1Cn1c2c(c3cccnc31)CCN(C(=O)CN1CCC(CC(=O)O)CC1)C2.Cl. The van der Waals surface area contributed by atoms with Crippen molar-refractivity contribution in [1.29, 1.82) is 0 Å². The van der Waals surface area contributed by atoms with Crippen LogP contribution in [0.25, 0.3) is 21.6 Å². The number of aromatic nitrogens is 3. The molecule has 3 aromatic heterocycles. The minimum Gasteiger partial charge on any atom is -0.481 e. The molecule has 0 saturated carbocycles. The lowest BCUT2D eigenvalue weighted by Crippen LogP contribution is -2.45. The summed E-state index contributed by atoms with van der Waals surface area (Å²) in [7, 11) is 0. The van der Waals surface area contributed by atoms with Gasteiger partial charge in [0, 0.05) is 40.7 Å². The summed E-state index contributed by atoms with van der Waals surface area (Å²) in [5, 5.41) is 11.3. The minimum absolute atomic E-state index is 0. The minimum atomic E-state index is -0.733. The topological polar surface area (TPSA) is 91.6 Å². The number of nitrogens with zero attached hydrogens (tertiary/aromatic N) is 5. The molecule has 0 radical (unpaired) electrons. The smallest absolute Gasteiger partial charge is 0.303 e. The van der Waals surface area contributed by atoms with Crippen molar-refractivity contribution in [3.63, 3.8) is 0 Å². The molecule has 0 unspecified atom stereocenters. The molecule has 2 aliphatic heterocycles. The molecule has 10 heteroatoms. The molecular weight excluding hydrogens is 546 g/mol. The molecule has 0 spiro atoms. The summed E-state index contributed by atoms with van der Waals surface area (Å²) in [5.74, 6) is -0.377. The third kappa shape index (κ3) is 5.77. The second-order valence-corrected chi connectivity index (χ2v) is 11.7. The van der Waals surface area contributed by atoms with Crippen LogP contribution in [0.5, 0.6) is 0 Å². The van der Waals surface area contributed by atoms with Crippen LogP contribution in [-0.4, -0.2) is 67.5 Å². The van der Waals surface area contributed by atoms with Gasteiger partial charge in [0.05, 0.1) is 25.3 Å². The Hall–Kier alpha value is -3.27. The number of carbonyl (C=O) groups is 2. The van der Waals surface area contributed by atoms with Crippen LogP contribution < -0.4 is 0 Å². The Balaban J connectivity index is 0.00000323. The van der Waals surface area contributed by atoms with Crippen LogP contribution in [0.1, 0.15) is 41.1 Å². The zero-order valence-electron chi connectivity index (χ0n) is 22.6. The summed E-state index contributed by atoms with van der Waals surface area (Å²) in [6.45, 7) is 5.97. The molecule has 0 atom stereocenters. The average Bonchev–Trinajstić information content (AvgIpc) is 3.47. The lowest BCUT2D eigenvalue weighted by molar-refractivity contribution is -0.139. The van der Waals surface area contributed by atoms with Gasteiger partial charge < -0.3 is 14.6 Å². The van der Waals surface area contributed by atoms with Gasteiger partial charge in [-0.15, -0.1) is 23.7 Å². The maximum Gasteiger partial charge on any atom is 0.303 e. The number of carboxylic acids is 1. The van der Waals surface area contributed by atoms with Gasteiger partial charge in [0.2, 0.25) is 5.91 Å². The van der Waals surface area contributed by atoms with Crippen molar-refractivity contribution in [2.75, 3.05) is 26.2 Å². The number of aryl methyl sites for hydroxylation is 1. The molecule has 2 aliphatic rings. The van der Waals surface area contributed by atoms with E-state index in [1.165, 1.54) is 15.8 Å². The van der Waals surface area contributed by atoms with Crippen molar-refractivity contribution in [3.05, 3.63) is 70.5 Å². The number of pyridine rings is 1. The summed E-state index contributed by atoms with van der Waals surface area (Å²) in [6.07, 6.45) is 4.55. The van der Waals surface area contributed by atoms with E-state index in [-0.39, 0.29) is 30.7 Å². The fourth-order valence-electron chi connectivity index (χ4n) is 5.95. The van der Waals surface area contributed by atoms with E-state index < -0.39 is 5.97 Å². The fourth-order valence-corrected chi connectivity index (χ4v) is 7.01. The number of likely N-dealkylation sites (tertiary alicyclic amines) is 1. The van der Waals surface area contributed by atoms with Crippen LogP contribution in [0.15, 0.2) is 48.7 Å². The standard InChI is InChI=1S/C30H33N5O3S.ClH/c1-20-26(39-30(32-20)22-6-3-2-4-7-22)18-35-25-17-34(15-11-23(25)24-8-5-12-31-29(24)35)27(36)19-33-13-9-21(10-14-33)16-28(37)38;/h2-8,12,21H,9-11,13-19H2,1H3,(H,37,38);1H. The van der Waals surface area contributed by atoms with Crippen molar-refractivity contribution in [1.82, 2.24) is 24.3 Å². The number of thiazole rings is 1. The molecule has 8 nitrogen and oxygen atoms in total. The van der Waals surface area contributed by atoms with E-state index in [9.17, 15) is 9.59 Å². The molecule has 0 aliphatic carbocycles. The molecule has 5 heterocycles. The molecule has 1 N–H and O–H groups in total. The molecule has 1 aromatic carbocycles. The Morgan fingerprint density at radius 2 is 1.85 bits per heavy atom. The number of amides is 1. The van der Waals surface area contributed by atoms with Gasteiger partial charge in [-0.3, -0.25) is 14.5 Å². The van der Waals surface area contributed by atoms with Gasteiger partial charge >= 0.3 is 5.97 Å². The summed E-state index contributed by atoms with van der Waals surface area (Å²) in [4.78, 5) is 39.4. The number of hydrogen-bond donors (Lipinski definition) is 1. The number of rotatable bonds is 7. The van der Waals surface area contributed by atoms with E-state index in [4.69, 9.17) is 15.1 Å². The Morgan fingerprint density at radius 3 is 2.60 bits per heavy atom. The highest BCUT2D eigenvalue weighted by Crippen LogP contribution is 2.34. The zero-order valence-corrected chi connectivity index (χ0v) is 24.2. The second kappa shape index (κ2) is 12.1. The fraction of sp³-hybridized carbons (Fsp3) is 0.400. The highest BCUT2D eigenvalue weighted by atomic mass is 35.5. The first-order valence-electron chi connectivity index (χ1n) is 13.6. The summed E-state index contributed by atoms with van der Waals surface area (Å²) in [5.41, 5.74) is 5.57. The molecule has 210 valence electrons. The van der Waals surface area contributed by atoms with Crippen LogP contribution in [0.2, 0.25) is 0 Å². The quantitative estimate of drug-likeness (QED) is 0.331. The molecule has 1 amide bonds. The van der Waals surface area contributed by atoms with Gasteiger partial charge in [-0.25, -0.2) is 9.97 Å². The molecular formula is C30H34ClN5O3S. The van der Waals surface area contributed by atoms with E-state index in [1.807, 2.05) is 35.4 Å². The molecule has 1 fully saturated rings. The largest absolute Gasteiger partial charge is 0.481 e. The van der Waals surface area contributed by atoms with Crippen molar-refractivity contribution in [2.45, 2.75) is 45.7 Å². The summed E-state index contributed by atoms with van der Waals surface area (Å²) < 4.78 is 2.29. The van der Waals surface area contributed by atoms with Crippen molar-refractivity contribution < 1.29 is 14.7 Å². The van der Waals surface area contributed by atoms with Crippen LogP contribution in [0, 0.1) is 12.8 Å². The van der Waals surface area contributed by atoms with Crippen LogP contribution in [0.4, 0.5) is 0 Å². The second-order valence-electron chi connectivity index (χ2n) is 10.7. The maximum absolute atomic E-state index is 13.4. The van der Waals surface area contributed by atoms with E-state index >= 15 is 0 Å². The molecule has 0 bridgehead atoms. The van der Waals surface area contributed by atoms with Crippen molar-refractivity contribution in [3.8, 4) is 10.6 Å². The van der Waals surface area contributed by atoms with E-state index in [2.05, 4.69) is 34.6 Å². The van der Waals surface area contributed by atoms with Crippen molar-refractivity contribution in [2.24, 2.45) is 5.92 Å². The molecule has 1 saturated heterocycles. The van der Waals surface area contributed by atoms with Gasteiger partial charge in [0.25, 0.3) is 0 Å². The highest BCUT2D eigenvalue weighted by molar-refractivity contribution is 7.15. The number of hydrogen-bond acceptors (Lipinski definition) is 6. The molecule has 6 rings (SSSR count). The maximum atomic E-state index is 13.4. The summed E-state index contributed by atoms with van der Waals surface area (Å²) >= 11 is 1.72. The first-order valence-corrected chi connectivity index (χ1v) is 14.5. The predicted octanol–water partition coefficient (Wildman–Crippen LogP) is 5.01. The van der Waals surface area contributed by atoms with Gasteiger partial charge in [-0.05, 0) is 62.9 Å². The third-order valence-electron chi connectivity index (χ3n) is 8.11. The predicted molar refractivity (Wildman–Crippen MR) is 159 cm³/mol. The van der Waals surface area contributed by atoms with Crippen LogP contribution >= 0.6 is 23.7 Å². The van der Waals surface area contributed by atoms with Gasteiger partial charge in [-0.1, -0.05) is 30.3 Å². The Labute approximate surface area is 244 Å². The number of piperidine rings is 1. The van der Waals surface area contributed by atoms with Crippen LogP contribution in [-0.2, 0) is 29.1 Å². The first-order chi connectivity index (χ1) is 19.0. The highest BCUT2D eigenvalue weighted by Gasteiger charge is 2.30. The van der Waals surface area contributed by atoms with E-state index in [1.54, 1.807) is 11.3 Å². The number of halogens is 1. The zero-order chi connectivity index (χ0) is 26.9. The summed E-state index contributed by atoms with van der Waals surface area (Å²) in [6, 6.07) is 14.4. The third-order valence-corrected chi connectivity index (χ3v) is 9.30. The lowest BCUT2D eigenvalue weighted by atomic mass is 9.93. The number of carbonyl (C=O) groups excluding carboxylic acids is 1. The Bertz CT molecular complexity index is 1510. The normalized spacial score (nSPS) is 16.1. The Morgan fingerprint density at radius 1 is 1.07 bits per heavy atom. The van der Waals surface area contributed by atoms with Gasteiger partial charge in [-0.2, -0.15) is 0 Å². The molecule has 40 heavy (non-hydrogen) atoms. The van der Waals surface area contributed by atoms with Crippen molar-refractivity contribution >= 4 is 46.7 Å². The first kappa shape index (κ1) is 28.3.